The van der Waals surface area contributed by atoms with E-state index in [0.717, 1.165) is 23.0 Å². The molecular weight excluding hydrogens is 246 g/mol. The van der Waals surface area contributed by atoms with Crippen LogP contribution in [0.25, 0.3) is 0 Å². The van der Waals surface area contributed by atoms with Crippen molar-refractivity contribution in [2.45, 2.75) is 32.0 Å². The van der Waals surface area contributed by atoms with Gasteiger partial charge in [0.05, 0.1) is 11.9 Å². The van der Waals surface area contributed by atoms with Crippen LogP contribution in [0, 0.1) is 0 Å². The Morgan fingerprint density at radius 3 is 2.94 bits per heavy atom. The molecule has 0 atom stereocenters. The molecule has 0 saturated heterocycles. The summed E-state index contributed by atoms with van der Waals surface area (Å²) < 4.78 is 5.61. The highest BCUT2D eigenvalue weighted by Gasteiger charge is 2.19. The number of aromatic nitrogens is 2. The van der Waals surface area contributed by atoms with Crippen molar-refractivity contribution in [2.75, 3.05) is 0 Å². The topological polar surface area (TPSA) is 47.0 Å². The van der Waals surface area contributed by atoms with E-state index in [1.54, 1.807) is 23.7 Å². The third kappa shape index (κ3) is 3.27. The van der Waals surface area contributed by atoms with Gasteiger partial charge in [-0.3, -0.25) is 4.98 Å². The number of hydrogen-bond acceptors (Lipinski definition) is 5. The second-order valence-electron chi connectivity index (χ2n) is 4.35. The van der Waals surface area contributed by atoms with E-state index >= 15 is 0 Å². The van der Waals surface area contributed by atoms with Gasteiger partial charge >= 0.3 is 0 Å². The number of pyridine rings is 1. The van der Waals surface area contributed by atoms with Crippen LogP contribution in [0.4, 0.5) is 0 Å². The SMILES string of the molecule is c1csc(COc2ccc(CNC3CC3)nc2)n1. The Labute approximate surface area is 110 Å². The minimum Gasteiger partial charge on any atom is -0.485 e. The van der Waals surface area contributed by atoms with E-state index in [1.165, 1.54) is 12.8 Å². The molecule has 0 radical (unpaired) electrons. The lowest BCUT2D eigenvalue weighted by molar-refractivity contribution is 0.304. The molecule has 2 aromatic rings. The molecule has 2 heterocycles. The molecular formula is C13H15N3OS. The quantitative estimate of drug-likeness (QED) is 0.867. The summed E-state index contributed by atoms with van der Waals surface area (Å²) in [6.45, 7) is 1.36. The van der Waals surface area contributed by atoms with Gasteiger partial charge in [0.15, 0.2) is 0 Å². The largest absolute Gasteiger partial charge is 0.485 e. The third-order valence-electron chi connectivity index (χ3n) is 2.79. The van der Waals surface area contributed by atoms with E-state index in [-0.39, 0.29) is 0 Å². The molecule has 0 aromatic carbocycles. The molecule has 18 heavy (non-hydrogen) atoms. The maximum Gasteiger partial charge on any atom is 0.140 e. The number of hydrogen-bond donors (Lipinski definition) is 1. The third-order valence-corrected chi connectivity index (χ3v) is 3.55. The summed E-state index contributed by atoms with van der Waals surface area (Å²) in [4.78, 5) is 8.54. The first-order valence-electron chi connectivity index (χ1n) is 6.09. The van der Waals surface area contributed by atoms with Gasteiger partial charge in [0.2, 0.25) is 0 Å². The maximum absolute atomic E-state index is 5.61. The minimum absolute atomic E-state index is 0.513. The normalized spacial score (nSPS) is 14.7. The summed E-state index contributed by atoms with van der Waals surface area (Å²) in [7, 11) is 0. The van der Waals surface area contributed by atoms with Gasteiger partial charge in [-0.25, -0.2) is 4.98 Å². The summed E-state index contributed by atoms with van der Waals surface area (Å²) >= 11 is 1.60. The van der Waals surface area contributed by atoms with Crippen LogP contribution in [0.3, 0.4) is 0 Å². The first-order valence-corrected chi connectivity index (χ1v) is 6.97. The lowest BCUT2D eigenvalue weighted by Crippen LogP contribution is -2.16. The van der Waals surface area contributed by atoms with Crippen LogP contribution in [0.2, 0.25) is 0 Å². The zero-order valence-corrected chi connectivity index (χ0v) is 10.8. The van der Waals surface area contributed by atoms with Crippen molar-refractivity contribution in [3.63, 3.8) is 0 Å². The first kappa shape index (κ1) is 11.6. The predicted octanol–water partition coefficient (Wildman–Crippen LogP) is 2.37. The van der Waals surface area contributed by atoms with Crippen molar-refractivity contribution in [3.05, 3.63) is 40.6 Å². The lowest BCUT2D eigenvalue weighted by atomic mass is 10.3. The van der Waals surface area contributed by atoms with Gasteiger partial charge in [-0.15, -0.1) is 11.3 Å². The smallest absolute Gasteiger partial charge is 0.140 e. The van der Waals surface area contributed by atoms with E-state index < -0.39 is 0 Å². The van der Waals surface area contributed by atoms with E-state index in [9.17, 15) is 0 Å². The summed E-state index contributed by atoms with van der Waals surface area (Å²) in [5.74, 6) is 0.792. The van der Waals surface area contributed by atoms with Crippen LogP contribution in [-0.2, 0) is 13.2 Å². The average Bonchev–Trinajstić information content (AvgIpc) is 3.09. The zero-order chi connectivity index (χ0) is 12.2. The van der Waals surface area contributed by atoms with Crippen LogP contribution in [0.15, 0.2) is 29.9 Å². The van der Waals surface area contributed by atoms with E-state index in [0.29, 0.717) is 12.6 Å². The van der Waals surface area contributed by atoms with Crippen molar-refractivity contribution >= 4 is 11.3 Å². The molecule has 5 heteroatoms. The average molecular weight is 261 g/mol. The second-order valence-corrected chi connectivity index (χ2v) is 5.33. The molecule has 1 aliphatic rings. The Morgan fingerprint density at radius 1 is 1.33 bits per heavy atom. The number of thiazole rings is 1. The molecule has 0 aliphatic heterocycles. The van der Waals surface area contributed by atoms with Gasteiger partial charge in [-0.05, 0) is 25.0 Å². The summed E-state index contributed by atoms with van der Waals surface area (Å²) in [5.41, 5.74) is 1.06. The van der Waals surface area contributed by atoms with Gasteiger partial charge in [0, 0.05) is 24.2 Å². The predicted molar refractivity (Wildman–Crippen MR) is 70.5 cm³/mol. The van der Waals surface area contributed by atoms with E-state index in [1.807, 2.05) is 17.5 Å². The van der Waals surface area contributed by atoms with Crippen molar-refractivity contribution in [2.24, 2.45) is 0 Å². The Balaban J connectivity index is 1.50. The van der Waals surface area contributed by atoms with Crippen LogP contribution in [0.1, 0.15) is 23.5 Å². The minimum atomic E-state index is 0.513. The van der Waals surface area contributed by atoms with E-state index in [4.69, 9.17) is 4.74 Å². The Hall–Kier alpha value is -1.46. The van der Waals surface area contributed by atoms with Crippen molar-refractivity contribution in [1.82, 2.24) is 15.3 Å². The highest BCUT2D eigenvalue weighted by Crippen LogP contribution is 2.19. The lowest BCUT2D eigenvalue weighted by Gasteiger charge is -2.05. The van der Waals surface area contributed by atoms with Crippen LogP contribution in [0.5, 0.6) is 5.75 Å². The molecule has 94 valence electrons. The Kier molecular flexibility index (Phi) is 3.52. The van der Waals surface area contributed by atoms with Gasteiger partial charge in [-0.2, -0.15) is 0 Å². The van der Waals surface area contributed by atoms with Crippen molar-refractivity contribution in [1.29, 1.82) is 0 Å². The van der Waals surface area contributed by atoms with Crippen LogP contribution >= 0.6 is 11.3 Å². The standard InChI is InChI=1S/C13H15N3OS/c1-2-10(1)15-7-11-3-4-12(8-16-11)17-9-13-14-5-6-18-13/h3-6,8,10,15H,1-2,7,9H2. The number of nitrogens with one attached hydrogen (secondary N) is 1. The van der Waals surface area contributed by atoms with Crippen LogP contribution in [-0.4, -0.2) is 16.0 Å². The van der Waals surface area contributed by atoms with Crippen LogP contribution < -0.4 is 10.1 Å². The summed E-state index contributed by atoms with van der Waals surface area (Å²) in [6.07, 6.45) is 6.16. The fourth-order valence-electron chi connectivity index (χ4n) is 1.61. The van der Waals surface area contributed by atoms with Crippen molar-refractivity contribution in [3.8, 4) is 5.75 Å². The van der Waals surface area contributed by atoms with Gasteiger partial charge < -0.3 is 10.1 Å². The van der Waals surface area contributed by atoms with E-state index in [2.05, 4.69) is 15.3 Å². The molecule has 1 aliphatic carbocycles. The molecule has 3 rings (SSSR count). The van der Waals surface area contributed by atoms with Crippen molar-refractivity contribution < 1.29 is 4.74 Å². The highest BCUT2D eigenvalue weighted by molar-refractivity contribution is 7.09. The molecule has 0 spiro atoms. The fraction of sp³-hybridized carbons (Fsp3) is 0.385. The Bertz CT molecular complexity index is 479. The molecule has 1 saturated carbocycles. The molecule has 2 aromatic heterocycles. The number of rotatable bonds is 6. The molecule has 0 unspecified atom stereocenters. The first-order chi connectivity index (χ1) is 8.90. The molecule has 0 amide bonds. The number of nitrogens with zero attached hydrogens (tertiary/aromatic N) is 2. The highest BCUT2D eigenvalue weighted by atomic mass is 32.1. The maximum atomic E-state index is 5.61. The summed E-state index contributed by atoms with van der Waals surface area (Å²) in [6, 6.07) is 4.68. The zero-order valence-electron chi connectivity index (χ0n) is 10.0. The monoisotopic (exact) mass is 261 g/mol. The van der Waals surface area contributed by atoms with Gasteiger partial charge in [0.1, 0.15) is 17.4 Å². The fourth-order valence-corrected chi connectivity index (χ4v) is 2.13. The molecule has 1 N–H and O–H groups in total. The molecule has 0 bridgehead atoms. The molecule has 4 nitrogen and oxygen atoms in total. The van der Waals surface area contributed by atoms with Gasteiger partial charge in [0.25, 0.3) is 0 Å². The number of ether oxygens (including phenoxy) is 1. The second kappa shape index (κ2) is 5.46. The van der Waals surface area contributed by atoms with Gasteiger partial charge in [-0.1, -0.05) is 0 Å². The Morgan fingerprint density at radius 2 is 2.28 bits per heavy atom. The molecule has 1 fully saturated rings. The summed E-state index contributed by atoms with van der Waals surface area (Å²) in [5, 5.41) is 6.36.